The lowest BCUT2D eigenvalue weighted by Crippen LogP contribution is -3.12. The standard InChI is InChI=1S/C26H27N5O/c1-32-24-13-11-22(12-14-24)25(30-17-16-21-9-5-6-10-23(21)19-30)26-27-28-29-31(26)18-15-20-7-3-2-4-8-20/h2-14,25H,15-19H2,1H3/p+1/t25-/m0/s1. The Morgan fingerprint density at radius 2 is 1.69 bits per heavy atom. The van der Waals surface area contributed by atoms with Gasteiger partial charge in [0.2, 0.25) is 5.82 Å². The van der Waals surface area contributed by atoms with Gasteiger partial charge in [0, 0.05) is 24.1 Å². The second kappa shape index (κ2) is 9.32. The maximum atomic E-state index is 5.39. The molecule has 2 atom stereocenters. The van der Waals surface area contributed by atoms with Crippen molar-refractivity contribution in [3.05, 3.63) is 107 Å². The van der Waals surface area contributed by atoms with Crippen LogP contribution in [-0.4, -0.2) is 33.9 Å². The second-order valence-electron chi connectivity index (χ2n) is 8.31. The van der Waals surface area contributed by atoms with E-state index in [1.807, 2.05) is 22.9 Å². The Morgan fingerprint density at radius 3 is 2.47 bits per heavy atom. The van der Waals surface area contributed by atoms with Crippen molar-refractivity contribution >= 4 is 0 Å². The number of fused-ring (bicyclic) bond motifs is 1. The fraction of sp³-hybridized carbons (Fsp3) is 0.269. The van der Waals surface area contributed by atoms with Crippen LogP contribution in [0.4, 0.5) is 0 Å². The van der Waals surface area contributed by atoms with Gasteiger partial charge in [-0.15, -0.1) is 5.10 Å². The van der Waals surface area contributed by atoms with E-state index >= 15 is 0 Å². The number of methoxy groups -OCH3 is 1. The normalized spacial score (nSPS) is 16.3. The number of nitrogens with one attached hydrogen (secondary N) is 1. The lowest BCUT2D eigenvalue weighted by atomic mass is 9.96. The summed E-state index contributed by atoms with van der Waals surface area (Å²) in [5.41, 5.74) is 5.36. The number of benzene rings is 3. The van der Waals surface area contributed by atoms with Gasteiger partial charge in [-0.3, -0.25) is 0 Å². The van der Waals surface area contributed by atoms with Crippen molar-refractivity contribution in [3.8, 4) is 5.75 Å². The third kappa shape index (κ3) is 4.27. The van der Waals surface area contributed by atoms with Gasteiger partial charge in [0.05, 0.1) is 13.7 Å². The Balaban J connectivity index is 1.47. The summed E-state index contributed by atoms with van der Waals surface area (Å²) in [6.45, 7) is 2.75. The van der Waals surface area contributed by atoms with Gasteiger partial charge >= 0.3 is 0 Å². The molecule has 5 rings (SSSR count). The van der Waals surface area contributed by atoms with E-state index in [-0.39, 0.29) is 6.04 Å². The fourth-order valence-electron chi connectivity index (χ4n) is 4.67. The third-order valence-electron chi connectivity index (χ3n) is 6.38. The van der Waals surface area contributed by atoms with Crippen LogP contribution in [-0.2, 0) is 25.9 Å². The van der Waals surface area contributed by atoms with E-state index in [1.165, 1.54) is 27.2 Å². The largest absolute Gasteiger partial charge is 0.497 e. The molecule has 1 aliphatic rings. The number of tetrazole rings is 1. The predicted molar refractivity (Wildman–Crippen MR) is 122 cm³/mol. The van der Waals surface area contributed by atoms with Crippen LogP contribution in [0.15, 0.2) is 78.9 Å². The quantitative estimate of drug-likeness (QED) is 0.494. The zero-order valence-corrected chi connectivity index (χ0v) is 18.3. The third-order valence-corrected chi connectivity index (χ3v) is 6.38. The average molecular weight is 427 g/mol. The molecule has 1 aliphatic heterocycles. The first-order valence-electron chi connectivity index (χ1n) is 11.2. The average Bonchev–Trinajstić information content (AvgIpc) is 3.32. The van der Waals surface area contributed by atoms with E-state index in [0.717, 1.165) is 44.0 Å². The first kappa shape index (κ1) is 20.4. The smallest absolute Gasteiger partial charge is 0.214 e. The lowest BCUT2D eigenvalue weighted by Gasteiger charge is -2.32. The SMILES string of the molecule is COc1ccc([C@@H](c2nnnn2CCc2ccccc2)[NH+]2CCc3ccccc3C2)cc1. The Hall–Kier alpha value is -3.51. The van der Waals surface area contributed by atoms with Crippen LogP contribution in [0.25, 0.3) is 0 Å². The number of hydrogen-bond acceptors (Lipinski definition) is 4. The molecule has 0 saturated heterocycles. The molecule has 1 unspecified atom stereocenters. The molecular formula is C26H28N5O+. The zero-order chi connectivity index (χ0) is 21.8. The molecule has 0 aliphatic carbocycles. The highest BCUT2D eigenvalue weighted by Crippen LogP contribution is 2.22. The van der Waals surface area contributed by atoms with E-state index in [4.69, 9.17) is 4.74 Å². The highest BCUT2D eigenvalue weighted by Gasteiger charge is 2.34. The molecule has 0 bridgehead atoms. The molecule has 1 aromatic heterocycles. The molecule has 0 saturated carbocycles. The first-order chi connectivity index (χ1) is 15.8. The van der Waals surface area contributed by atoms with Crippen molar-refractivity contribution in [2.24, 2.45) is 0 Å². The number of rotatable bonds is 7. The summed E-state index contributed by atoms with van der Waals surface area (Å²) in [7, 11) is 1.70. The molecule has 1 N–H and O–H groups in total. The zero-order valence-electron chi connectivity index (χ0n) is 18.3. The van der Waals surface area contributed by atoms with Crippen LogP contribution < -0.4 is 9.64 Å². The summed E-state index contributed by atoms with van der Waals surface area (Å²) in [5.74, 6) is 1.77. The Labute approximate surface area is 188 Å². The molecule has 3 aromatic carbocycles. The molecule has 32 heavy (non-hydrogen) atoms. The molecule has 2 heterocycles. The van der Waals surface area contributed by atoms with E-state index in [9.17, 15) is 0 Å². The van der Waals surface area contributed by atoms with Gasteiger partial charge in [-0.25, -0.2) is 4.68 Å². The van der Waals surface area contributed by atoms with Crippen molar-refractivity contribution in [3.63, 3.8) is 0 Å². The van der Waals surface area contributed by atoms with Crippen molar-refractivity contribution in [1.82, 2.24) is 20.2 Å². The van der Waals surface area contributed by atoms with Gasteiger partial charge in [-0.2, -0.15) is 0 Å². The topological polar surface area (TPSA) is 57.3 Å². The van der Waals surface area contributed by atoms with Crippen molar-refractivity contribution < 1.29 is 9.64 Å². The minimum absolute atomic E-state index is 0.0556. The molecule has 0 amide bonds. The Bertz CT molecular complexity index is 1160. The van der Waals surface area contributed by atoms with Crippen LogP contribution in [0.2, 0.25) is 0 Å². The molecule has 0 radical (unpaired) electrons. The highest BCUT2D eigenvalue weighted by atomic mass is 16.5. The Morgan fingerprint density at radius 1 is 0.938 bits per heavy atom. The van der Waals surface area contributed by atoms with Gasteiger partial charge in [0.15, 0.2) is 6.04 Å². The van der Waals surface area contributed by atoms with Gasteiger partial charge < -0.3 is 9.64 Å². The van der Waals surface area contributed by atoms with Crippen LogP contribution in [0.1, 0.15) is 34.1 Å². The number of aryl methyl sites for hydroxylation is 2. The minimum atomic E-state index is 0.0556. The van der Waals surface area contributed by atoms with E-state index < -0.39 is 0 Å². The minimum Gasteiger partial charge on any atom is -0.497 e. The maximum Gasteiger partial charge on any atom is 0.214 e. The number of quaternary nitrogens is 1. The number of hydrogen-bond donors (Lipinski definition) is 1. The van der Waals surface area contributed by atoms with E-state index in [1.54, 1.807) is 7.11 Å². The van der Waals surface area contributed by atoms with E-state index in [0.29, 0.717) is 0 Å². The summed E-state index contributed by atoms with van der Waals surface area (Å²) >= 11 is 0. The molecule has 4 aromatic rings. The fourth-order valence-corrected chi connectivity index (χ4v) is 4.67. The summed E-state index contributed by atoms with van der Waals surface area (Å²) in [6.07, 6.45) is 1.95. The molecule has 162 valence electrons. The van der Waals surface area contributed by atoms with Gasteiger partial charge in [-0.1, -0.05) is 54.6 Å². The summed E-state index contributed by atoms with van der Waals surface area (Å²) in [6, 6.07) is 27.7. The van der Waals surface area contributed by atoms with Gasteiger partial charge in [-0.05, 0) is 52.2 Å². The molecule has 0 fully saturated rings. The number of aromatic nitrogens is 4. The summed E-state index contributed by atoms with van der Waals surface area (Å²) in [4.78, 5) is 1.46. The predicted octanol–water partition coefficient (Wildman–Crippen LogP) is 2.66. The van der Waals surface area contributed by atoms with Gasteiger partial charge in [0.1, 0.15) is 12.3 Å². The lowest BCUT2D eigenvalue weighted by molar-refractivity contribution is -0.941. The van der Waals surface area contributed by atoms with Crippen molar-refractivity contribution in [1.29, 1.82) is 0 Å². The highest BCUT2D eigenvalue weighted by molar-refractivity contribution is 5.32. The van der Waals surface area contributed by atoms with E-state index in [2.05, 4.69) is 76.2 Å². The van der Waals surface area contributed by atoms with Crippen molar-refractivity contribution in [2.75, 3.05) is 13.7 Å². The van der Waals surface area contributed by atoms with Gasteiger partial charge in [0.25, 0.3) is 0 Å². The number of ether oxygens (including phenoxy) is 1. The Kier molecular flexibility index (Phi) is 5.94. The summed E-state index contributed by atoms with van der Waals surface area (Å²) in [5, 5.41) is 13.0. The molecule has 6 nitrogen and oxygen atoms in total. The van der Waals surface area contributed by atoms with Crippen molar-refractivity contribution in [2.45, 2.75) is 32.0 Å². The summed E-state index contributed by atoms with van der Waals surface area (Å²) < 4.78 is 7.37. The van der Waals surface area contributed by atoms with Crippen LogP contribution in [0, 0.1) is 0 Å². The molecule has 6 heteroatoms. The van der Waals surface area contributed by atoms with Crippen LogP contribution in [0.5, 0.6) is 5.75 Å². The maximum absolute atomic E-state index is 5.39. The second-order valence-corrected chi connectivity index (χ2v) is 8.31. The monoisotopic (exact) mass is 426 g/mol. The first-order valence-corrected chi connectivity index (χ1v) is 11.2. The van der Waals surface area contributed by atoms with Crippen LogP contribution >= 0.6 is 0 Å². The molecule has 0 spiro atoms. The van der Waals surface area contributed by atoms with Crippen LogP contribution in [0.3, 0.4) is 0 Å². The number of nitrogens with zero attached hydrogens (tertiary/aromatic N) is 4. The molecular weight excluding hydrogens is 398 g/mol.